The maximum atomic E-state index is 6.47. The molecule has 0 amide bonds. The molecule has 0 radical (unpaired) electrons. The number of halogens is 2. The maximum absolute atomic E-state index is 6.47. The Hall–Kier alpha value is -0.590. The first kappa shape index (κ1) is 15.8. The van der Waals surface area contributed by atoms with Gasteiger partial charge in [-0.1, -0.05) is 28.1 Å². The van der Waals surface area contributed by atoms with Gasteiger partial charge in [-0.3, -0.25) is 0 Å². The van der Waals surface area contributed by atoms with Crippen molar-refractivity contribution in [2.45, 2.75) is 19.9 Å². The van der Waals surface area contributed by atoms with E-state index in [0.29, 0.717) is 0 Å². The second kappa shape index (κ2) is 6.45. The second-order valence-electron chi connectivity index (χ2n) is 4.77. The summed E-state index contributed by atoms with van der Waals surface area (Å²) in [6, 6.07) is 10.1. The molecule has 0 aliphatic carbocycles. The number of nitrogens with two attached hydrogens (primary N) is 1. The van der Waals surface area contributed by atoms with Gasteiger partial charge in [0.25, 0.3) is 0 Å². The molecule has 2 rings (SSSR count). The van der Waals surface area contributed by atoms with E-state index in [1.165, 1.54) is 9.13 Å². The van der Waals surface area contributed by atoms with Gasteiger partial charge < -0.3 is 10.5 Å². The third-order valence-corrected chi connectivity index (χ3v) is 4.93. The summed E-state index contributed by atoms with van der Waals surface area (Å²) < 4.78 is 7.76. The SMILES string of the molecule is COc1c(C(N)c2cc(I)ccc2Br)ccc(C)c1C. The van der Waals surface area contributed by atoms with Gasteiger partial charge in [-0.05, 0) is 71.3 Å². The summed E-state index contributed by atoms with van der Waals surface area (Å²) in [5.41, 5.74) is 10.9. The monoisotopic (exact) mass is 445 g/mol. The summed E-state index contributed by atoms with van der Waals surface area (Å²) >= 11 is 5.88. The molecule has 0 saturated heterocycles. The Kier molecular flexibility index (Phi) is 5.09. The van der Waals surface area contributed by atoms with Crippen molar-refractivity contribution in [2.75, 3.05) is 7.11 Å². The summed E-state index contributed by atoms with van der Waals surface area (Å²) in [4.78, 5) is 0. The van der Waals surface area contributed by atoms with Gasteiger partial charge in [0.2, 0.25) is 0 Å². The van der Waals surface area contributed by atoms with Crippen LogP contribution in [-0.4, -0.2) is 7.11 Å². The van der Waals surface area contributed by atoms with E-state index < -0.39 is 0 Å². The zero-order valence-corrected chi connectivity index (χ0v) is 15.4. The van der Waals surface area contributed by atoms with Crippen molar-refractivity contribution in [1.29, 1.82) is 0 Å². The van der Waals surface area contributed by atoms with Crippen LogP contribution in [0.2, 0.25) is 0 Å². The lowest BCUT2D eigenvalue weighted by Crippen LogP contribution is -2.14. The third kappa shape index (κ3) is 3.02. The van der Waals surface area contributed by atoms with Crippen molar-refractivity contribution >= 4 is 38.5 Å². The van der Waals surface area contributed by atoms with Gasteiger partial charge in [0.05, 0.1) is 13.2 Å². The normalized spacial score (nSPS) is 12.3. The summed E-state index contributed by atoms with van der Waals surface area (Å²) in [5.74, 6) is 0.878. The molecule has 20 heavy (non-hydrogen) atoms. The Morgan fingerprint density at radius 1 is 1.15 bits per heavy atom. The molecule has 0 aliphatic rings. The minimum absolute atomic E-state index is 0.214. The van der Waals surface area contributed by atoms with Crippen LogP contribution in [0.3, 0.4) is 0 Å². The van der Waals surface area contributed by atoms with E-state index in [4.69, 9.17) is 10.5 Å². The van der Waals surface area contributed by atoms with Crippen molar-refractivity contribution < 1.29 is 4.74 Å². The molecule has 0 spiro atoms. The quantitative estimate of drug-likeness (QED) is 0.693. The van der Waals surface area contributed by atoms with Crippen LogP contribution in [0.1, 0.15) is 28.3 Å². The molecule has 2 aromatic rings. The van der Waals surface area contributed by atoms with E-state index >= 15 is 0 Å². The molecule has 0 aliphatic heterocycles. The fraction of sp³-hybridized carbons (Fsp3) is 0.250. The minimum Gasteiger partial charge on any atom is -0.496 e. The number of hydrogen-bond acceptors (Lipinski definition) is 2. The van der Waals surface area contributed by atoms with Gasteiger partial charge in [0.1, 0.15) is 5.75 Å². The predicted octanol–water partition coefficient (Wildman–Crippen LogP) is 4.73. The van der Waals surface area contributed by atoms with Crippen LogP contribution < -0.4 is 10.5 Å². The Labute approximate surface area is 142 Å². The topological polar surface area (TPSA) is 35.2 Å². The summed E-state index contributed by atoms with van der Waals surface area (Å²) in [7, 11) is 1.70. The molecule has 0 heterocycles. The molecule has 0 bridgehead atoms. The van der Waals surface area contributed by atoms with E-state index in [0.717, 1.165) is 26.9 Å². The van der Waals surface area contributed by atoms with E-state index in [1.54, 1.807) is 7.11 Å². The number of rotatable bonds is 3. The average Bonchev–Trinajstić information content (AvgIpc) is 2.43. The summed E-state index contributed by atoms with van der Waals surface area (Å²) in [6.45, 7) is 4.14. The zero-order valence-electron chi connectivity index (χ0n) is 11.7. The van der Waals surface area contributed by atoms with Gasteiger partial charge in [0, 0.05) is 13.6 Å². The first-order valence-electron chi connectivity index (χ1n) is 6.30. The first-order valence-corrected chi connectivity index (χ1v) is 8.17. The standard InChI is InChI=1S/C16H17BrINO/c1-9-4-6-12(16(20-3)10(9)2)15(19)13-8-11(18)5-7-14(13)17/h4-8,15H,19H2,1-3H3. The van der Waals surface area contributed by atoms with Crippen LogP contribution in [0.15, 0.2) is 34.8 Å². The van der Waals surface area contributed by atoms with E-state index in [9.17, 15) is 0 Å². The van der Waals surface area contributed by atoms with Gasteiger partial charge in [-0.25, -0.2) is 0 Å². The highest BCUT2D eigenvalue weighted by atomic mass is 127. The van der Waals surface area contributed by atoms with Crippen molar-refractivity contribution in [2.24, 2.45) is 5.73 Å². The lowest BCUT2D eigenvalue weighted by molar-refractivity contribution is 0.404. The molecule has 4 heteroatoms. The molecule has 2 N–H and O–H groups in total. The van der Waals surface area contributed by atoms with Gasteiger partial charge >= 0.3 is 0 Å². The van der Waals surface area contributed by atoms with Crippen molar-refractivity contribution in [3.05, 3.63) is 60.6 Å². The van der Waals surface area contributed by atoms with Gasteiger partial charge in [-0.15, -0.1) is 0 Å². The molecular weight excluding hydrogens is 429 g/mol. The van der Waals surface area contributed by atoms with Crippen molar-refractivity contribution in [1.82, 2.24) is 0 Å². The third-order valence-electron chi connectivity index (χ3n) is 3.54. The lowest BCUT2D eigenvalue weighted by atomic mass is 9.95. The van der Waals surface area contributed by atoms with Crippen LogP contribution in [-0.2, 0) is 0 Å². The molecule has 0 aromatic heterocycles. The highest BCUT2D eigenvalue weighted by molar-refractivity contribution is 14.1. The van der Waals surface area contributed by atoms with Crippen LogP contribution >= 0.6 is 38.5 Å². The highest BCUT2D eigenvalue weighted by Crippen LogP contribution is 2.35. The maximum Gasteiger partial charge on any atom is 0.127 e. The summed E-state index contributed by atoms with van der Waals surface area (Å²) in [5, 5.41) is 0. The van der Waals surface area contributed by atoms with Crippen LogP contribution in [0.25, 0.3) is 0 Å². The molecule has 1 unspecified atom stereocenters. The number of benzene rings is 2. The number of ether oxygens (including phenoxy) is 1. The Morgan fingerprint density at radius 3 is 2.50 bits per heavy atom. The molecular formula is C16H17BrINO. The Balaban J connectivity index is 2.56. The van der Waals surface area contributed by atoms with E-state index in [2.05, 4.69) is 76.6 Å². The lowest BCUT2D eigenvalue weighted by Gasteiger charge is -2.20. The molecule has 0 saturated carbocycles. The van der Waals surface area contributed by atoms with E-state index in [1.807, 2.05) is 6.07 Å². The minimum atomic E-state index is -0.214. The summed E-state index contributed by atoms with van der Waals surface area (Å²) in [6.07, 6.45) is 0. The Bertz CT molecular complexity index is 643. The molecule has 106 valence electrons. The number of aryl methyl sites for hydroxylation is 1. The van der Waals surface area contributed by atoms with Crippen molar-refractivity contribution in [3.8, 4) is 5.75 Å². The Morgan fingerprint density at radius 2 is 1.85 bits per heavy atom. The molecule has 0 fully saturated rings. The van der Waals surface area contributed by atoms with Gasteiger partial charge in [0.15, 0.2) is 0 Å². The van der Waals surface area contributed by atoms with Crippen LogP contribution in [0.5, 0.6) is 5.75 Å². The van der Waals surface area contributed by atoms with E-state index in [-0.39, 0.29) is 6.04 Å². The first-order chi connectivity index (χ1) is 9.45. The molecule has 2 nitrogen and oxygen atoms in total. The zero-order chi connectivity index (χ0) is 14.9. The number of hydrogen-bond donors (Lipinski definition) is 1. The second-order valence-corrected chi connectivity index (χ2v) is 6.87. The van der Waals surface area contributed by atoms with Crippen LogP contribution in [0.4, 0.5) is 0 Å². The van der Waals surface area contributed by atoms with Crippen molar-refractivity contribution in [3.63, 3.8) is 0 Å². The smallest absolute Gasteiger partial charge is 0.127 e. The van der Waals surface area contributed by atoms with Crippen LogP contribution in [0, 0.1) is 17.4 Å². The molecule has 1 atom stereocenters. The van der Waals surface area contributed by atoms with Gasteiger partial charge in [-0.2, -0.15) is 0 Å². The largest absolute Gasteiger partial charge is 0.496 e. The predicted molar refractivity (Wildman–Crippen MR) is 95.4 cm³/mol. The highest BCUT2D eigenvalue weighted by Gasteiger charge is 2.18. The fourth-order valence-corrected chi connectivity index (χ4v) is 3.26. The molecule has 2 aromatic carbocycles. The number of methoxy groups -OCH3 is 1. The fourth-order valence-electron chi connectivity index (χ4n) is 2.25. The average molecular weight is 446 g/mol.